The van der Waals surface area contributed by atoms with Gasteiger partial charge in [-0.15, -0.1) is 11.3 Å². The van der Waals surface area contributed by atoms with Gasteiger partial charge in [0.05, 0.1) is 5.02 Å². The van der Waals surface area contributed by atoms with Crippen molar-refractivity contribution in [3.05, 3.63) is 44.8 Å². The number of rotatable bonds is 3. The van der Waals surface area contributed by atoms with Gasteiger partial charge in [0.2, 0.25) is 0 Å². The minimum atomic E-state index is -0.414. The molecule has 94 valence electrons. The lowest BCUT2D eigenvalue weighted by Gasteiger charge is -2.41. The lowest BCUT2D eigenvalue weighted by molar-refractivity contribution is 0.0121. The van der Waals surface area contributed by atoms with Crippen molar-refractivity contribution in [2.24, 2.45) is 0 Å². The van der Waals surface area contributed by atoms with Gasteiger partial charge in [0.25, 0.3) is 0 Å². The van der Waals surface area contributed by atoms with Crippen LogP contribution >= 0.6 is 34.5 Å². The zero-order chi connectivity index (χ0) is 12.6. The van der Waals surface area contributed by atoms with Crippen molar-refractivity contribution < 1.29 is 4.74 Å². The monoisotopic (exact) mass is 300 g/mol. The summed E-state index contributed by atoms with van der Waals surface area (Å²) in [6.45, 7) is 1.45. The molecule has 1 aliphatic heterocycles. The van der Waals surface area contributed by atoms with Gasteiger partial charge in [-0.05, 0) is 12.1 Å². The zero-order valence-electron chi connectivity index (χ0n) is 9.32. The van der Waals surface area contributed by atoms with Crippen molar-refractivity contribution in [2.75, 3.05) is 13.1 Å². The van der Waals surface area contributed by atoms with Gasteiger partial charge in [-0.1, -0.05) is 23.2 Å². The van der Waals surface area contributed by atoms with E-state index in [1.807, 2.05) is 5.38 Å². The standard InChI is InChI=1S/C12H10Cl2N2OS/c13-8-1-2-9(14)10(5-8)17-12(6-15-7-12)11-16-3-4-18-11/h1-5,15H,6-7H2. The fourth-order valence-corrected chi connectivity index (χ4v) is 2.92. The maximum absolute atomic E-state index is 6.12. The molecular weight excluding hydrogens is 291 g/mol. The van der Waals surface area contributed by atoms with E-state index in [-0.39, 0.29) is 0 Å². The molecule has 3 nitrogen and oxygen atoms in total. The van der Waals surface area contributed by atoms with Crippen molar-refractivity contribution in [1.29, 1.82) is 0 Å². The fourth-order valence-electron chi connectivity index (χ4n) is 1.83. The summed E-state index contributed by atoms with van der Waals surface area (Å²) in [7, 11) is 0. The molecule has 0 aliphatic carbocycles. The average Bonchev–Trinajstić information content (AvgIpc) is 2.82. The first-order chi connectivity index (χ1) is 8.70. The Labute approximate surface area is 119 Å². The van der Waals surface area contributed by atoms with E-state index >= 15 is 0 Å². The van der Waals surface area contributed by atoms with Gasteiger partial charge < -0.3 is 10.1 Å². The lowest BCUT2D eigenvalue weighted by atomic mass is 9.97. The SMILES string of the molecule is Clc1ccc(Cl)c(OC2(c3nccs3)CNC2)c1. The smallest absolute Gasteiger partial charge is 0.185 e. The summed E-state index contributed by atoms with van der Waals surface area (Å²) >= 11 is 13.7. The van der Waals surface area contributed by atoms with Crippen LogP contribution in [0, 0.1) is 0 Å². The van der Waals surface area contributed by atoms with Crippen molar-refractivity contribution in [2.45, 2.75) is 5.60 Å². The first-order valence-corrected chi connectivity index (χ1v) is 7.08. The molecule has 0 spiro atoms. The molecule has 0 unspecified atom stereocenters. The third kappa shape index (κ3) is 2.10. The quantitative estimate of drug-likeness (QED) is 0.944. The topological polar surface area (TPSA) is 34.1 Å². The summed E-state index contributed by atoms with van der Waals surface area (Å²) in [5.74, 6) is 0.598. The van der Waals surface area contributed by atoms with Crippen LogP contribution in [0.5, 0.6) is 5.75 Å². The van der Waals surface area contributed by atoms with Crippen LogP contribution in [0.3, 0.4) is 0 Å². The van der Waals surface area contributed by atoms with Gasteiger partial charge in [-0.2, -0.15) is 0 Å². The molecular formula is C12H10Cl2N2OS. The molecule has 1 aromatic carbocycles. The van der Waals surface area contributed by atoms with Gasteiger partial charge in [-0.25, -0.2) is 4.98 Å². The van der Waals surface area contributed by atoms with E-state index in [1.165, 1.54) is 0 Å². The third-order valence-corrected chi connectivity index (χ3v) is 4.35. The van der Waals surface area contributed by atoms with Crippen LogP contribution < -0.4 is 10.1 Å². The molecule has 2 aromatic rings. The Morgan fingerprint density at radius 1 is 1.33 bits per heavy atom. The van der Waals surface area contributed by atoms with E-state index in [0.29, 0.717) is 15.8 Å². The molecule has 0 bridgehead atoms. The molecule has 18 heavy (non-hydrogen) atoms. The van der Waals surface area contributed by atoms with Gasteiger partial charge in [0, 0.05) is 35.8 Å². The van der Waals surface area contributed by atoms with Crippen LogP contribution in [-0.2, 0) is 5.60 Å². The maximum Gasteiger partial charge on any atom is 0.185 e. The van der Waals surface area contributed by atoms with Crippen LogP contribution in [0.25, 0.3) is 0 Å². The molecule has 1 saturated heterocycles. The average molecular weight is 301 g/mol. The first kappa shape index (κ1) is 12.2. The van der Waals surface area contributed by atoms with E-state index in [4.69, 9.17) is 27.9 Å². The number of ether oxygens (including phenoxy) is 1. The Morgan fingerprint density at radius 2 is 2.17 bits per heavy atom. The summed E-state index contributed by atoms with van der Waals surface area (Å²) in [4.78, 5) is 4.34. The van der Waals surface area contributed by atoms with Crippen molar-refractivity contribution in [3.8, 4) is 5.75 Å². The number of nitrogens with one attached hydrogen (secondary N) is 1. The van der Waals surface area contributed by atoms with Crippen LogP contribution in [-0.4, -0.2) is 18.1 Å². The molecule has 6 heteroatoms. The zero-order valence-corrected chi connectivity index (χ0v) is 11.6. The largest absolute Gasteiger partial charge is 0.476 e. The van der Waals surface area contributed by atoms with E-state index in [9.17, 15) is 0 Å². The maximum atomic E-state index is 6.12. The number of hydrogen-bond acceptors (Lipinski definition) is 4. The van der Waals surface area contributed by atoms with Crippen LogP contribution in [0.2, 0.25) is 10.0 Å². The minimum absolute atomic E-state index is 0.414. The summed E-state index contributed by atoms with van der Waals surface area (Å²) < 4.78 is 6.06. The first-order valence-electron chi connectivity index (χ1n) is 5.44. The molecule has 1 fully saturated rings. The number of aromatic nitrogens is 1. The number of nitrogens with zero attached hydrogens (tertiary/aromatic N) is 1. The predicted octanol–water partition coefficient (Wildman–Crippen LogP) is 3.33. The Kier molecular flexibility index (Phi) is 3.20. The molecule has 1 aliphatic rings. The number of benzene rings is 1. The predicted molar refractivity (Wildman–Crippen MR) is 73.8 cm³/mol. The second-order valence-electron chi connectivity index (χ2n) is 4.11. The summed E-state index contributed by atoms with van der Waals surface area (Å²) in [5.41, 5.74) is -0.414. The molecule has 0 atom stereocenters. The molecule has 3 rings (SSSR count). The van der Waals surface area contributed by atoms with E-state index in [0.717, 1.165) is 18.1 Å². The Bertz CT molecular complexity index is 555. The molecule has 0 saturated carbocycles. The second kappa shape index (κ2) is 4.70. The van der Waals surface area contributed by atoms with Gasteiger partial charge in [0.1, 0.15) is 10.8 Å². The van der Waals surface area contributed by atoms with Crippen molar-refractivity contribution in [1.82, 2.24) is 10.3 Å². The highest BCUT2D eigenvalue weighted by atomic mass is 35.5. The number of thiazole rings is 1. The van der Waals surface area contributed by atoms with Crippen LogP contribution in [0.15, 0.2) is 29.8 Å². The summed E-state index contributed by atoms with van der Waals surface area (Å²) in [6.07, 6.45) is 1.78. The highest BCUT2D eigenvalue weighted by molar-refractivity contribution is 7.09. The highest BCUT2D eigenvalue weighted by Crippen LogP contribution is 2.37. The third-order valence-electron chi connectivity index (χ3n) is 2.84. The molecule has 0 amide bonds. The van der Waals surface area contributed by atoms with E-state index < -0.39 is 5.60 Å². The Morgan fingerprint density at radius 3 is 2.78 bits per heavy atom. The lowest BCUT2D eigenvalue weighted by Crippen LogP contribution is -2.60. The molecule has 1 N–H and O–H groups in total. The Balaban J connectivity index is 1.93. The summed E-state index contributed by atoms with van der Waals surface area (Å²) in [5, 5.41) is 7.27. The number of halogens is 2. The van der Waals surface area contributed by atoms with Crippen LogP contribution in [0.4, 0.5) is 0 Å². The molecule has 0 radical (unpaired) electrons. The normalized spacial score (nSPS) is 17.2. The van der Waals surface area contributed by atoms with E-state index in [2.05, 4.69) is 10.3 Å². The molecule has 1 aromatic heterocycles. The number of hydrogen-bond donors (Lipinski definition) is 1. The fraction of sp³-hybridized carbons (Fsp3) is 0.250. The molecule has 2 heterocycles. The van der Waals surface area contributed by atoms with Crippen molar-refractivity contribution >= 4 is 34.5 Å². The Hall–Kier alpha value is -0.810. The summed E-state index contributed by atoms with van der Waals surface area (Å²) in [6, 6.07) is 5.21. The second-order valence-corrected chi connectivity index (χ2v) is 5.85. The van der Waals surface area contributed by atoms with Crippen LogP contribution in [0.1, 0.15) is 5.01 Å². The highest BCUT2D eigenvalue weighted by Gasteiger charge is 2.44. The van der Waals surface area contributed by atoms with E-state index in [1.54, 1.807) is 35.7 Å². The van der Waals surface area contributed by atoms with Gasteiger partial charge in [-0.3, -0.25) is 0 Å². The minimum Gasteiger partial charge on any atom is -0.476 e. The van der Waals surface area contributed by atoms with Gasteiger partial charge >= 0.3 is 0 Å². The van der Waals surface area contributed by atoms with Crippen molar-refractivity contribution in [3.63, 3.8) is 0 Å². The van der Waals surface area contributed by atoms with Gasteiger partial charge in [0.15, 0.2) is 5.60 Å².